The maximum Gasteiger partial charge on any atom is 0.243 e. The average Bonchev–Trinajstić information content (AvgIpc) is 2.64. The van der Waals surface area contributed by atoms with Crippen molar-refractivity contribution in [2.24, 2.45) is 5.14 Å². The third kappa shape index (κ3) is 5.60. The minimum Gasteiger partial charge on any atom is -0.351 e. The van der Waals surface area contributed by atoms with Crippen LogP contribution in [0.2, 0.25) is 0 Å². The van der Waals surface area contributed by atoms with E-state index in [0.717, 1.165) is 4.31 Å². The number of likely N-dealkylation sites (N-methyl/N-ethyl adjacent to an activating group) is 1. The molecule has 3 N–H and O–H groups in total. The maximum atomic E-state index is 12.6. The Labute approximate surface area is 159 Å². The molecule has 0 aliphatic rings. The Kier molecular flexibility index (Phi) is 6.71. The van der Waals surface area contributed by atoms with Gasteiger partial charge in [-0.15, -0.1) is 0 Å². The first-order valence-corrected chi connectivity index (χ1v) is 11.1. The van der Waals surface area contributed by atoms with Crippen molar-refractivity contribution in [1.82, 2.24) is 9.62 Å². The number of carbonyl (C=O) groups excluding carboxylic acids is 1. The summed E-state index contributed by atoms with van der Waals surface area (Å²) in [6, 6.07) is 13.6. The summed E-state index contributed by atoms with van der Waals surface area (Å²) < 4.78 is 48.7. The fourth-order valence-electron chi connectivity index (χ4n) is 2.32. The molecule has 2 aromatic rings. The van der Waals surface area contributed by atoms with Gasteiger partial charge in [0.2, 0.25) is 26.0 Å². The van der Waals surface area contributed by atoms with Gasteiger partial charge in [-0.25, -0.2) is 22.0 Å². The number of hydrogen-bond donors (Lipinski definition) is 2. The van der Waals surface area contributed by atoms with E-state index in [4.69, 9.17) is 5.14 Å². The van der Waals surface area contributed by atoms with E-state index in [1.807, 2.05) is 0 Å². The van der Waals surface area contributed by atoms with Crippen molar-refractivity contribution < 1.29 is 21.6 Å². The lowest BCUT2D eigenvalue weighted by molar-refractivity contribution is -0.121. The van der Waals surface area contributed by atoms with Gasteiger partial charge in [0.05, 0.1) is 16.3 Å². The molecule has 0 saturated carbocycles. The monoisotopic (exact) mass is 411 g/mol. The summed E-state index contributed by atoms with van der Waals surface area (Å²) in [5.41, 5.74) is 0.657. The minimum absolute atomic E-state index is 0.0244. The molecule has 0 fully saturated rings. The summed E-state index contributed by atoms with van der Waals surface area (Å²) in [7, 11) is -7.53. The second kappa shape index (κ2) is 8.61. The molecular weight excluding hydrogens is 390 g/mol. The van der Waals surface area contributed by atoms with E-state index in [-0.39, 0.29) is 29.4 Å². The summed E-state index contributed by atoms with van der Waals surface area (Å²) >= 11 is 0. The van der Waals surface area contributed by atoms with Gasteiger partial charge in [0, 0.05) is 13.1 Å². The summed E-state index contributed by atoms with van der Waals surface area (Å²) in [4.78, 5) is 12.3. The molecular formula is C17H21N3O5S2. The fraction of sp³-hybridized carbons (Fsp3) is 0.235. The molecule has 2 aromatic carbocycles. The van der Waals surface area contributed by atoms with Crippen LogP contribution in [0.25, 0.3) is 0 Å². The van der Waals surface area contributed by atoms with Gasteiger partial charge in [0.15, 0.2) is 0 Å². The van der Waals surface area contributed by atoms with Gasteiger partial charge in [-0.3, -0.25) is 4.79 Å². The van der Waals surface area contributed by atoms with Crippen molar-refractivity contribution in [3.8, 4) is 0 Å². The number of hydrogen-bond acceptors (Lipinski definition) is 5. The van der Waals surface area contributed by atoms with Gasteiger partial charge in [0.25, 0.3) is 0 Å². The second-order valence-electron chi connectivity index (χ2n) is 5.71. The Morgan fingerprint density at radius 3 is 2.07 bits per heavy atom. The number of amides is 1. The quantitative estimate of drug-likeness (QED) is 0.660. The third-order valence-electron chi connectivity index (χ3n) is 3.80. The van der Waals surface area contributed by atoms with Crippen molar-refractivity contribution in [3.63, 3.8) is 0 Å². The van der Waals surface area contributed by atoms with Crippen LogP contribution in [-0.2, 0) is 31.4 Å². The summed E-state index contributed by atoms with van der Waals surface area (Å²) in [6.07, 6.45) is 0. The summed E-state index contributed by atoms with van der Waals surface area (Å²) in [5.74, 6) is -0.466. The van der Waals surface area contributed by atoms with E-state index in [0.29, 0.717) is 5.56 Å². The Balaban J connectivity index is 2.00. The number of benzene rings is 2. The number of nitrogens with two attached hydrogens (primary N) is 1. The van der Waals surface area contributed by atoms with Crippen LogP contribution in [0.15, 0.2) is 64.4 Å². The molecule has 0 aliphatic carbocycles. The van der Waals surface area contributed by atoms with Crippen LogP contribution in [-0.4, -0.2) is 40.1 Å². The molecule has 10 heteroatoms. The van der Waals surface area contributed by atoms with Gasteiger partial charge in [-0.2, -0.15) is 4.31 Å². The molecule has 1 amide bonds. The third-order valence-corrected chi connectivity index (χ3v) is 6.66. The number of primary sulfonamides is 1. The molecule has 0 unspecified atom stereocenters. The van der Waals surface area contributed by atoms with Crippen LogP contribution in [0.3, 0.4) is 0 Å². The smallest absolute Gasteiger partial charge is 0.243 e. The predicted molar refractivity (Wildman–Crippen MR) is 101 cm³/mol. The number of sulfonamides is 2. The molecule has 0 spiro atoms. The molecule has 0 aliphatic heterocycles. The lowest BCUT2D eigenvalue weighted by Crippen LogP contribution is -2.40. The molecule has 146 valence electrons. The van der Waals surface area contributed by atoms with Crippen molar-refractivity contribution in [2.45, 2.75) is 23.3 Å². The van der Waals surface area contributed by atoms with E-state index in [1.54, 1.807) is 25.1 Å². The minimum atomic E-state index is -3.77. The topological polar surface area (TPSA) is 127 Å². The van der Waals surface area contributed by atoms with Crippen LogP contribution >= 0.6 is 0 Å². The number of rotatable bonds is 8. The van der Waals surface area contributed by atoms with Crippen LogP contribution < -0.4 is 10.5 Å². The lowest BCUT2D eigenvalue weighted by Gasteiger charge is -2.20. The maximum absolute atomic E-state index is 12.6. The second-order valence-corrected chi connectivity index (χ2v) is 9.21. The van der Waals surface area contributed by atoms with E-state index in [1.165, 1.54) is 36.4 Å². The van der Waals surface area contributed by atoms with Crippen LogP contribution in [0, 0.1) is 0 Å². The zero-order chi connectivity index (χ0) is 20.1. The fourth-order valence-corrected chi connectivity index (χ4v) is 4.26. The van der Waals surface area contributed by atoms with E-state index in [9.17, 15) is 21.6 Å². The molecule has 0 aromatic heterocycles. The zero-order valence-electron chi connectivity index (χ0n) is 14.7. The van der Waals surface area contributed by atoms with Crippen molar-refractivity contribution in [2.75, 3.05) is 13.1 Å². The Bertz CT molecular complexity index is 989. The Morgan fingerprint density at radius 1 is 0.963 bits per heavy atom. The molecule has 0 bridgehead atoms. The number of carbonyl (C=O) groups is 1. The van der Waals surface area contributed by atoms with Crippen LogP contribution in [0.5, 0.6) is 0 Å². The number of nitrogens with zero attached hydrogens (tertiary/aromatic N) is 1. The largest absolute Gasteiger partial charge is 0.351 e. The Morgan fingerprint density at radius 2 is 1.56 bits per heavy atom. The highest BCUT2D eigenvalue weighted by Gasteiger charge is 2.24. The van der Waals surface area contributed by atoms with Crippen LogP contribution in [0.1, 0.15) is 12.5 Å². The first-order valence-electron chi connectivity index (χ1n) is 8.08. The van der Waals surface area contributed by atoms with E-state index < -0.39 is 26.0 Å². The molecule has 27 heavy (non-hydrogen) atoms. The average molecular weight is 412 g/mol. The van der Waals surface area contributed by atoms with E-state index >= 15 is 0 Å². The lowest BCUT2D eigenvalue weighted by atomic mass is 10.2. The zero-order valence-corrected chi connectivity index (χ0v) is 16.3. The molecule has 2 rings (SSSR count). The molecule has 0 saturated heterocycles. The van der Waals surface area contributed by atoms with E-state index in [2.05, 4.69) is 5.32 Å². The van der Waals surface area contributed by atoms with Gasteiger partial charge in [-0.1, -0.05) is 37.3 Å². The Hall–Kier alpha value is -2.27. The molecule has 0 atom stereocenters. The van der Waals surface area contributed by atoms with Crippen molar-refractivity contribution >= 4 is 26.0 Å². The summed E-state index contributed by atoms with van der Waals surface area (Å²) in [6.45, 7) is 1.61. The van der Waals surface area contributed by atoms with Crippen LogP contribution in [0.4, 0.5) is 0 Å². The SMILES string of the molecule is CCN(CC(=O)NCc1ccc(S(N)(=O)=O)cc1)S(=O)(=O)c1ccccc1. The first kappa shape index (κ1) is 21.0. The highest BCUT2D eigenvalue weighted by Crippen LogP contribution is 2.14. The standard InChI is InChI=1S/C17H21N3O5S2/c1-2-20(27(24,25)16-6-4-3-5-7-16)13-17(21)19-12-14-8-10-15(11-9-14)26(18,22)23/h3-11H,2,12-13H2,1H3,(H,19,21)(H2,18,22,23). The summed E-state index contributed by atoms with van der Waals surface area (Å²) in [5, 5.41) is 7.65. The van der Waals surface area contributed by atoms with Crippen molar-refractivity contribution in [3.05, 3.63) is 60.2 Å². The molecule has 0 heterocycles. The highest BCUT2D eigenvalue weighted by atomic mass is 32.2. The van der Waals surface area contributed by atoms with Gasteiger partial charge in [0.1, 0.15) is 0 Å². The number of nitrogens with one attached hydrogen (secondary N) is 1. The molecule has 0 radical (unpaired) electrons. The first-order chi connectivity index (χ1) is 12.6. The highest BCUT2D eigenvalue weighted by molar-refractivity contribution is 7.89. The van der Waals surface area contributed by atoms with Gasteiger partial charge < -0.3 is 5.32 Å². The van der Waals surface area contributed by atoms with Gasteiger partial charge in [-0.05, 0) is 29.8 Å². The van der Waals surface area contributed by atoms with Crippen molar-refractivity contribution in [1.29, 1.82) is 0 Å². The molecule has 8 nitrogen and oxygen atoms in total. The normalized spacial score (nSPS) is 12.1. The predicted octanol–water partition coefficient (Wildman–Crippen LogP) is 0.661. The van der Waals surface area contributed by atoms with Gasteiger partial charge >= 0.3 is 0 Å².